The van der Waals surface area contributed by atoms with E-state index in [0.717, 1.165) is 16.6 Å². The van der Waals surface area contributed by atoms with Gasteiger partial charge in [0.05, 0.1) is 17.3 Å². The van der Waals surface area contributed by atoms with Gasteiger partial charge < -0.3 is 5.32 Å². The number of hydrogen-bond donors (Lipinski definition) is 2. The quantitative estimate of drug-likeness (QED) is 0.719. The van der Waals surface area contributed by atoms with Gasteiger partial charge in [-0.15, -0.1) is 0 Å². The van der Waals surface area contributed by atoms with E-state index in [9.17, 15) is 4.79 Å². The van der Waals surface area contributed by atoms with Gasteiger partial charge in [0.1, 0.15) is 0 Å². The lowest BCUT2D eigenvalue weighted by Crippen LogP contribution is -2.11. The van der Waals surface area contributed by atoms with Crippen molar-refractivity contribution in [2.45, 2.75) is 0 Å². The summed E-state index contributed by atoms with van der Waals surface area (Å²) >= 11 is 0. The monoisotopic (exact) mass is 238 g/mol. The largest absolute Gasteiger partial charge is 0.322 e. The normalized spacial score (nSPS) is 10.4. The molecular formula is C13H10N4O. The van der Waals surface area contributed by atoms with Gasteiger partial charge in [0, 0.05) is 23.5 Å². The highest BCUT2D eigenvalue weighted by atomic mass is 16.1. The fourth-order valence-corrected chi connectivity index (χ4v) is 1.72. The van der Waals surface area contributed by atoms with E-state index < -0.39 is 0 Å². The molecule has 0 fully saturated rings. The van der Waals surface area contributed by atoms with Gasteiger partial charge in [0.15, 0.2) is 0 Å². The van der Waals surface area contributed by atoms with E-state index in [1.807, 2.05) is 18.2 Å². The van der Waals surface area contributed by atoms with Crippen LogP contribution in [0.5, 0.6) is 0 Å². The van der Waals surface area contributed by atoms with Crippen LogP contribution >= 0.6 is 0 Å². The Bertz CT molecular complexity index is 690. The first-order chi connectivity index (χ1) is 8.83. The predicted molar refractivity (Wildman–Crippen MR) is 68.3 cm³/mol. The summed E-state index contributed by atoms with van der Waals surface area (Å²) in [5.74, 6) is -0.175. The Morgan fingerprint density at radius 1 is 1.22 bits per heavy atom. The maximum Gasteiger partial charge on any atom is 0.257 e. The van der Waals surface area contributed by atoms with Gasteiger partial charge in [-0.25, -0.2) is 0 Å². The van der Waals surface area contributed by atoms with Crippen LogP contribution in [-0.4, -0.2) is 21.1 Å². The SMILES string of the molecule is O=C(Nc1ccc2[nH]ncc2c1)c1cccnc1. The fraction of sp³-hybridized carbons (Fsp3) is 0. The van der Waals surface area contributed by atoms with Crippen molar-refractivity contribution in [2.24, 2.45) is 0 Å². The summed E-state index contributed by atoms with van der Waals surface area (Å²) in [4.78, 5) is 15.8. The number of benzene rings is 1. The Balaban J connectivity index is 1.86. The summed E-state index contributed by atoms with van der Waals surface area (Å²) in [7, 11) is 0. The Kier molecular flexibility index (Phi) is 2.49. The minimum Gasteiger partial charge on any atom is -0.322 e. The third kappa shape index (κ3) is 1.93. The van der Waals surface area contributed by atoms with Crippen molar-refractivity contribution in [1.82, 2.24) is 15.2 Å². The second-order valence-corrected chi connectivity index (χ2v) is 3.87. The third-order valence-corrected chi connectivity index (χ3v) is 2.62. The first-order valence-corrected chi connectivity index (χ1v) is 5.47. The molecule has 0 saturated heterocycles. The number of anilines is 1. The molecule has 0 radical (unpaired) electrons. The highest BCUT2D eigenvalue weighted by Crippen LogP contribution is 2.17. The average molecular weight is 238 g/mol. The van der Waals surface area contributed by atoms with E-state index in [1.165, 1.54) is 6.20 Å². The number of fused-ring (bicyclic) bond motifs is 1. The molecule has 0 aliphatic carbocycles. The van der Waals surface area contributed by atoms with Crippen molar-refractivity contribution in [2.75, 3.05) is 5.32 Å². The summed E-state index contributed by atoms with van der Waals surface area (Å²) in [5, 5.41) is 10.6. The lowest BCUT2D eigenvalue weighted by Gasteiger charge is -2.04. The van der Waals surface area contributed by atoms with Crippen molar-refractivity contribution in [3.8, 4) is 0 Å². The molecule has 18 heavy (non-hydrogen) atoms. The Morgan fingerprint density at radius 2 is 2.17 bits per heavy atom. The van der Waals surface area contributed by atoms with Crippen LogP contribution < -0.4 is 5.32 Å². The number of nitrogens with zero attached hydrogens (tertiary/aromatic N) is 2. The zero-order chi connectivity index (χ0) is 12.4. The van der Waals surface area contributed by atoms with E-state index in [4.69, 9.17) is 0 Å². The number of H-pyrrole nitrogens is 1. The van der Waals surface area contributed by atoms with E-state index >= 15 is 0 Å². The maximum atomic E-state index is 11.9. The van der Waals surface area contributed by atoms with Gasteiger partial charge in [-0.05, 0) is 30.3 Å². The van der Waals surface area contributed by atoms with Crippen LogP contribution in [-0.2, 0) is 0 Å². The number of aromatic nitrogens is 3. The molecule has 0 atom stereocenters. The molecule has 2 aromatic heterocycles. The molecule has 0 aliphatic heterocycles. The minimum atomic E-state index is -0.175. The molecule has 5 heteroatoms. The molecule has 88 valence electrons. The molecule has 0 unspecified atom stereocenters. The zero-order valence-corrected chi connectivity index (χ0v) is 9.42. The number of carbonyl (C=O) groups is 1. The van der Waals surface area contributed by atoms with Gasteiger partial charge in [0.2, 0.25) is 0 Å². The average Bonchev–Trinajstić information content (AvgIpc) is 2.87. The molecule has 1 aromatic carbocycles. The lowest BCUT2D eigenvalue weighted by molar-refractivity contribution is 0.102. The van der Waals surface area contributed by atoms with Crippen LogP contribution in [0, 0.1) is 0 Å². The van der Waals surface area contributed by atoms with Crippen molar-refractivity contribution in [3.05, 3.63) is 54.5 Å². The van der Waals surface area contributed by atoms with Gasteiger partial charge >= 0.3 is 0 Å². The van der Waals surface area contributed by atoms with E-state index in [0.29, 0.717) is 5.56 Å². The molecule has 0 spiro atoms. The number of nitrogens with one attached hydrogen (secondary N) is 2. The molecule has 0 bridgehead atoms. The number of amides is 1. The number of carbonyl (C=O) groups excluding carboxylic acids is 1. The summed E-state index contributed by atoms with van der Waals surface area (Å²) in [6.07, 6.45) is 4.88. The molecule has 5 nitrogen and oxygen atoms in total. The Hall–Kier alpha value is -2.69. The molecule has 0 aliphatic rings. The number of pyridine rings is 1. The third-order valence-electron chi connectivity index (χ3n) is 2.62. The zero-order valence-electron chi connectivity index (χ0n) is 9.42. The Morgan fingerprint density at radius 3 is 3.00 bits per heavy atom. The second-order valence-electron chi connectivity index (χ2n) is 3.87. The van der Waals surface area contributed by atoms with Crippen LogP contribution in [0.1, 0.15) is 10.4 Å². The highest BCUT2D eigenvalue weighted by molar-refractivity contribution is 6.04. The number of hydrogen-bond acceptors (Lipinski definition) is 3. The summed E-state index contributed by atoms with van der Waals surface area (Å²) in [6.45, 7) is 0. The topological polar surface area (TPSA) is 70.7 Å². The van der Waals surface area contributed by atoms with Crippen LogP contribution in [0.15, 0.2) is 48.9 Å². The Labute approximate surface area is 103 Å². The first kappa shape index (κ1) is 10.5. The fourth-order valence-electron chi connectivity index (χ4n) is 1.72. The van der Waals surface area contributed by atoms with Crippen molar-refractivity contribution >= 4 is 22.5 Å². The standard InChI is InChI=1S/C13H10N4O/c18-13(9-2-1-5-14-7-9)16-11-3-4-12-10(6-11)8-15-17-12/h1-8H,(H,15,17)(H,16,18). The summed E-state index contributed by atoms with van der Waals surface area (Å²) in [5.41, 5.74) is 2.21. The highest BCUT2D eigenvalue weighted by Gasteiger charge is 2.06. The molecular weight excluding hydrogens is 228 g/mol. The van der Waals surface area contributed by atoms with Gasteiger partial charge in [-0.1, -0.05) is 0 Å². The maximum absolute atomic E-state index is 11.9. The summed E-state index contributed by atoms with van der Waals surface area (Å²) in [6, 6.07) is 9.02. The van der Waals surface area contributed by atoms with E-state index in [-0.39, 0.29) is 5.91 Å². The lowest BCUT2D eigenvalue weighted by atomic mass is 10.2. The molecule has 2 N–H and O–H groups in total. The van der Waals surface area contributed by atoms with Crippen molar-refractivity contribution in [1.29, 1.82) is 0 Å². The molecule has 2 heterocycles. The van der Waals surface area contributed by atoms with Crippen LogP contribution in [0.2, 0.25) is 0 Å². The van der Waals surface area contributed by atoms with E-state index in [2.05, 4.69) is 20.5 Å². The first-order valence-electron chi connectivity index (χ1n) is 5.47. The molecule has 1 amide bonds. The van der Waals surface area contributed by atoms with Crippen LogP contribution in [0.3, 0.4) is 0 Å². The van der Waals surface area contributed by atoms with Crippen molar-refractivity contribution < 1.29 is 4.79 Å². The number of rotatable bonds is 2. The summed E-state index contributed by atoms with van der Waals surface area (Å²) < 4.78 is 0. The van der Waals surface area contributed by atoms with Crippen LogP contribution in [0.4, 0.5) is 5.69 Å². The molecule has 0 saturated carbocycles. The van der Waals surface area contributed by atoms with Gasteiger partial charge in [-0.3, -0.25) is 14.9 Å². The van der Waals surface area contributed by atoms with Crippen LogP contribution in [0.25, 0.3) is 10.9 Å². The molecule has 3 aromatic rings. The predicted octanol–water partition coefficient (Wildman–Crippen LogP) is 2.21. The number of aromatic amines is 1. The second kappa shape index (κ2) is 4.29. The van der Waals surface area contributed by atoms with Crippen molar-refractivity contribution in [3.63, 3.8) is 0 Å². The molecule has 3 rings (SSSR count). The smallest absolute Gasteiger partial charge is 0.257 e. The van der Waals surface area contributed by atoms with Gasteiger partial charge in [0.25, 0.3) is 5.91 Å². The van der Waals surface area contributed by atoms with E-state index in [1.54, 1.807) is 24.5 Å². The van der Waals surface area contributed by atoms with Gasteiger partial charge in [-0.2, -0.15) is 5.10 Å². The minimum absolute atomic E-state index is 0.175.